The van der Waals surface area contributed by atoms with E-state index in [1.165, 1.54) is 4.88 Å². The summed E-state index contributed by atoms with van der Waals surface area (Å²) in [5.74, 6) is 0.832. The van der Waals surface area contributed by atoms with Crippen molar-refractivity contribution in [2.45, 2.75) is 26.7 Å². The molecule has 0 aromatic carbocycles. The SMILES string of the molecule is CCC(C)CS(=O)(=O)CCNCCc1cccs1. The molecule has 0 aliphatic heterocycles. The predicted molar refractivity (Wildman–Crippen MR) is 79.0 cm³/mol. The van der Waals surface area contributed by atoms with Crippen molar-refractivity contribution in [1.82, 2.24) is 5.32 Å². The van der Waals surface area contributed by atoms with E-state index in [9.17, 15) is 8.42 Å². The Hall–Kier alpha value is -0.390. The molecule has 1 N–H and O–H groups in total. The standard InChI is InChI=1S/C13H23NO2S2/c1-3-12(2)11-18(15,16)10-8-14-7-6-13-5-4-9-17-13/h4-5,9,12,14H,3,6-8,10-11H2,1-2H3. The summed E-state index contributed by atoms with van der Waals surface area (Å²) >= 11 is 1.74. The number of hydrogen-bond acceptors (Lipinski definition) is 4. The van der Waals surface area contributed by atoms with Crippen molar-refractivity contribution in [3.63, 3.8) is 0 Å². The second kappa shape index (κ2) is 7.92. The van der Waals surface area contributed by atoms with Crippen LogP contribution in [0.4, 0.5) is 0 Å². The third kappa shape index (κ3) is 6.52. The van der Waals surface area contributed by atoms with E-state index >= 15 is 0 Å². The molecule has 0 fully saturated rings. The Kier molecular flexibility index (Phi) is 6.89. The lowest BCUT2D eigenvalue weighted by molar-refractivity contribution is 0.561. The second-order valence-electron chi connectivity index (χ2n) is 4.71. The fourth-order valence-corrected chi connectivity index (χ4v) is 4.09. The number of sulfone groups is 1. The molecular formula is C13H23NO2S2. The fourth-order valence-electron chi connectivity index (χ4n) is 1.65. The minimum Gasteiger partial charge on any atom is -0.315 e. The summed E-state index contributed by atoms with van der Waals surface area (Å²) in [6.07, 6.45) is 1.90. The van der Waals surface area contributed by atoms with Gasteiger partial charge in [0.15, 0.2) is 9.84 Å². The average molecular weight is 289 g/mol. The Morgan fingerprint density at radius 2 is 2.17 bits per heavy atom. The zero-order chi connectivity index (χ0) is 13.4. The molecule has 0 spiro atoms. The smallest absolute Gasteiger partial charge is 0.151 e. The van der Waals surface area contributed by atoms with Gasteiger partial charge in [0.25, 0.3) is 0 Å². The summed E-state index contributed by atoms with van der Waals surface area (Å²) in [5.41, 5.74) is 0. The zero-order valence-electron chi connectivity index (χ0n) is 11.2. The van der Waals surface area contributed by atoms with E-state index in [-0.39, 0.29) is 11.7 Å². The Morgan fingerprint density at radius 1 is 1.39 bits per heavy atom. The van der Waals surface area contributed by atoms with Crippen LogP contribution in [0.25, 0.3) is 0 Å². The first-order valence-corrected chi connectivity index (χ1v) is 9.17. The Balaban J connectivity index is 2.13. The molecule has 0 radical (unpaired) electrons. The third-order valence-electron chi connectivity index (χ3n) is 2.95. The van der Waals surface area contributed by atoms with E-state index in [1.54, 1.807) is 11.3 Å². The van der Waals surface area contributed by atoms with E-state index < -0.39 is 9.84 Å². The summed E-state index contributed by atoms with van der Waals surface area (Å²) < 4.78 is 23.5. The summed E-state index contributed by atoms with van der Waals surface area (Å²) in [6, 6.07) is 4.14. The van der Waals surface area contributed by atoms with Crippen LogP contribution >= 0.6 is 11.3 Å². The normalized spacial score (nSPS) is 13.7. The Morgan fingerprint density at radius 3 is 2.78 bits per heavy atom. The first kappa shape index (κ1) is 15.7. The van der Waals surface area contributed by atoms with Crippen LogP contribution in [0.2, 0.25) is 0 Å². The molecule has 1 atom stereocenters. The van der Waals surface area contributed by atoms with Crippen LogP contribution in [0.5, 0.6) is 0 Å². The highest BCUT2D eigenvalue weighted by Gasteiger charge is 2.13. The van der Waals surface area contributed by atoms with Crippen molar-refractivity contribution >= 4 is 21.2 Å². The highest BCUT2D eigenvalue weighted by molar-refractivity contribution is 7.91. The summed E-state index contributed by atoms with van der Waals surface area (Å²) in [4.78, 5) is 1.34. The number of nitrogens with one attached hydrogen (secondary N) is 1. The molecule has 1 aromatic rings. The fraction of sp³-hybridized carbons (Fsp3) is 0.692. The highest BCUT2D eigenvalue weighted by atomic mass is 32.2. The number of rotatable bonds is 9. The summed E-state index contributed by atoms with van der Waals surface area (Å²) in [6.45, 7) is 5.42. The Labute approximate surface area is 115 Å². The molecule has 18 heavy (non-hydrogen) atoms. The van der Waals surface area contributed by atoms with Gasteiger partial charge in [0.05, 0.1) is 11.5 Å². The van der Waals surface area contributed by atoms with Gasteiger partial charge in [-0.3, -0.25) is 0 Å². The molecule has 104 valence electrons. The minimum atomic E-state index is -2.89. The van der Waals surface area contributed by atoms with Crippen LogP contribution in [-0.4, -0.2) is 33.0 Å². The largest absolute Gasteiger partial charge is 0.315 e. The van der Waals surface area contributed by atoms with Gasteiger partial charge in [0.1, 0.15) is 0 Å². The Bertz CT molecular complexity index is 412. The molecule has 0 bridgehead atoms. The van der Waals surface area contributed by atoms with Crippen molar-refractivity contribution in [3.05, 3.63) is 22.4 Å². The number of thiophene rings is 1. The van der Waals surface area contributed by atoms with Gasteiger partial charge < -0.3 is 5.32 Å². The summed E-state index contributed by atoms with van der Waals surface area (Å²) in [5, 5.41) is 5.26. The van der Waals surface area contributed by atoms with Gasteiger partial charge in [-0.2, -0.15) is 0 Å². The van der Waals surface area contributed by atoms with Crippen LogP contribution in [0, 0.1) is 5.92 Å². The van der Waals surface area contributed by atoms with Gasteiger partial charge in [-0.05, 0) is 30.3 Å². The molecular weight excluding hydrogens is 266 g/mol. The van der Waals surface area contributed by atoms with Crippen molar-refractivity contribution in [2.75, 3.05) is 24.6 Å². The van der Waals surface area contributed by atoms with E-state index in [2.05, 4.69) is 16.8 Å². The van der Waals surface area contributed by atoms with Crippen LogP contribution < -0.4 is 5.32 Å². The lowest BCUT2D eigenvalue weighted by atomic mass is 10.2. The van der Waals surface area contributed by atoms with Gasteiger partial charge in [-0.1, -0.05) is 26.3 Å². The molecule has 0 amide bonds. The second-order valence-corrected chi connectivity index (χ2v) is 7.97. The summed E-state index contributed by atoms with van der Waals surface area (Å²) in [7, 11) is -2.89. The van der Waals surface area contributed by atoms with Gasteiger partial charge in [0.2, 0.25) is 0 Å². The maximum atomic E-state index is 11.8. The van der Waals surface area contributed by atoms with Crippen molar-refractivity contribution in [2.24, 2.45) is 5.92 Å². The highest BCUT2D eigenvalue weighted by Crippen LogP contribution is 2.08. The molecule has 3 nitrogen and oxygen atoms in total. The topological polar surface area (TPSA) is 46.2 Å². The average Bonchev–Trinajstić information content (AvgIpc) is 2.80. The van der Waals surface area contributed by atoms with Crippen LogP contribution in [0.15, 0.2) is 17.5 Å². The van der Waals surface area contributed by atoms with Gasteiger partial charge >= 0.3 is 0 Å². The third-order valence-corrected chi connectivity index (χ3v) is 5.79. The monoisotopic (exact) mass is 289 g/mol. The first-order valence-electron chi connectivity index (χ1n) is 6.47. The van der Waals surface area contributed by atoms with Crippen LogP contribution in [0.1, 0.15) is 25.1 Å². The molecule has 1 heterocycles. The maximum Gasteiger partial charge on any atom is 0.151 e. The number of hydrogen-bond donors (Lipinski definition) is 1. The van der Waals surface area contributed by atoms with Gasteiger partial charge in [0, 0.05) is 11.4 Å². The maximum absolute atomic E-state index is 11.8. The van der Waals surface area contributed by atoms with E-state index in [0.29, 0.717) is 12.3 Å². The predicted octanol–water partition coefficient (Wildman–Crippen LogP) is 2.34. The molecule has 0 aliphatic carbocycles. The zero-order valence-corrected chi connectivity index (χ0v) is 12.8. The van der Waals surface area contributed by atoms with Crippen molar-refractivity contribution < 1.29 is 8.42 Å². The van der Waals surface area contributed by atoms with Gasteiger partial charge in [-0.25, -0.2) is 8.42 Å². The van der Waals surface area contributed by atoms with Gasteiger partial charge in [-0.15, -0.1) is 11.3 Å². The quantitative estimate of drug-likeness (QED) is 0.710. The molecule has 0 saturated heterocycles. The van der Waals surface area contributed by atoms with E-state index in [4.69, 9.17) is 0 Å². The van der Waals surface area contributed by atoms with E-state index in [1.807, 2.05) is 19.9 Å². The minimum absolute atomic E-state index is 0.252. The van der Waals surface area contributed by atoms with Crippen LogP contribution in [-0.2, 0) is 16.3 Å². The van der Waals surface area contributed by atoms with Crippen molar-refractivity contribution in [3.8, 4) is 0 Å². The molecule has 5 heteroatoms. The van der Waals surface area contributed by atoms with Crippen molar-refractivity contribution in [1.29, 1.82) is 0 Å². The lowest BCUT2D eigenvalue weighted by Gasteiger charge is -2.09. The molecule has 1 rings (SSSR count). The molecule has 0 aliphatic rings. The molecule has 0 saturated carbocycles. The first-order chi connectivity index (χ1) is 8.53. The molecule has 1 unspecified atom stereocenters. The lowest BCUT2D eigenvalue weighted by Crippen LogP contribution is -2.27. The van der Waals surface area contributed by atoms with E-state index in [0.717, 1.165) is 19.4 Å². The van der Waals surface area contributed by atoms with Crippen LogP contribution in [0.3, 0.4) is 0 Å². The molecule has 1 aromatic heterocycles.